The molecule has 2 aliphatic carbocycles. The summed E-state index contributed by atoms with van der Waals surface area (Å²) < 4.78 is 0. The number of ketones is 1. The number of fused-ring (bicyclic) bond motifs is 1. The lowest BCUT2D eigenvalue weighted by Crippen LogP contribution is -2.39. The molecule has 0 radical (unpaired) electrons. The Bertz CT molecular complexity index is 351. The zero-order chi connectivity index (χ0) is 15.0. The highest BCUT2D eigenvalue weighted by Gasteiger charge is 2.52. The summed E-state index contributed by atoms with van der Waals surface area (Å²) in [5.74, 6) is 2.55. The Labute approximate surface area is 125 Å². The van der Waals surface area contributed by atoms with Gasteiger partial charge in [-0.05, 0) is 54.8 Å². The highest BCUT2D eigenvalue weighted by molar-refractivity contribution is 5.83. The minimum atomic E-state index is 0.330. The Hall–Kier alpha value is -0.330. The summed E-state index contributed by atoms with van der Waals surface area (Å²) >= 11 is 0. The smallest absolute Gasteiger partial charge is 0.136 e. The van der Waals surface area contributed by atoms with Crippen LogP contribution >= 0.6 is 0 Å². The summed E-state index contributed by atoms with van der Waals surface area (Å²) in [6.45, 7) is 11.9. The van der Waals surface area contributed by atoms with Crippen LogP contribution in [-0.2, 0) is 4.79 Å². The van der Waals surface area contributed by atoms with Gasteiger partial charge in [-0.15, -0.1) is 0 Å². The molecule has 0 aromatic carbocycles. The third kappa shape index (κ3) is 3.28. The maximum Gasteiger partial charge on any atom is 0.136 e. The first-order valence-corrected chi connectivity index (χ1v) is 8.77. The van der Waals surface area contributed by atoms with Crippen molar-refractivity contribution >= 4 is 5.78 Å². The number of hydrogen-bond acceptors (Lipinski definition) is 1. The Morgan fingerprint density at radius 3 is 2.65 bits per heavy atom. The number of rotatable bonds is 4. The van der Waals surface area contributed by atoms with Crippen molar-refractivity contribution in [2.45, 2.75) is 86.0 Å². The molecule has 2 fully saturated rings. The summed E-state index contributed by atoms with van der Waals surface area (Å²) in [6.07, 6.45) is 9.75. The van der Waals surface area contributed by atoms with Gasteiger partial charge in [-0.1, -0.05) is 47.5 Å². The summed E-state index contributed by atoms with van der Waals surface area (Å²) in [7, 11) is 0. The van der Waals surface area contributed by atoms with Crippen molar-refractivity contribution in [3.63, 3.8) is 0 Å². The Morgan fingerprint density at radius 2 is 2.00 bits per heavy atom. The zero-order valence-electron chi connectivity index (χ0n) is 14.3. The van der Waals surface area contributed by atoms with E-state index in [2.05, 4.69) is 34.6 Å². The van der Waals surface area contributed by atoms with Crippen LogP contribution in [0, 0.1) is 28.6 Å². The van der Waals surface area contributed by atoms with E-state index in [4.69, 9.17) is 0 Å². The van der Waals surface area contributed by atoms with Crippen molar-refractivity contribution in [1.82, 2.24) is 0 Å². The standard InChI is InChI=1S/C19H34O/c1-14(8-6-12-18(2,3)4)15-10-11-16-17(20)9-7-13-19(15,16)5/h14-16H,6-13H2,1-5H3/t14-,15?,16?,19?/m0/s1. The zero-order valence-corrected chi connectivity index (χ0v) is 14.3. The average molecular weight is 278 g/mol. The lowest BCUT2D eigenvalue weighted by molar-refractivity contribution is -0.130. The van der Waals surface area contributed by atoms with Gasteiger partial charge in [0.05, 0.1) is 0 Å². The van der Waals surface area contributed by atoms with E-state index in [0.717, 1.165) is 24.7 Å². The maximum atomic E-state index is 12.2. The summed E-state index contributed by atoms with van der Waals surface area (Å²) in [6, 6.07) is 0. The molecule has 20 heavy (non-hydrogen) atoms. The number of hydrogen-bond donors (Lipinski definition) is 0. The van der Waals surface area contributed by atoms with E-state index < -0.39 is 0 Å². The first kappa shape index (κ1) is 16.0. The SMILES string of the molecule is C[C@@H](CCCC(C)(C)C)C1CCC2C(=O)CCCC21C. The molecule has 2 aliphatic rings. The van der Waals surface area contributed by atoms with Crippen LogP contribution < -0.4 is 0 Å². The van der Waals surface area contributed by atoms with E-state index in [1.807, 2.05) is 0 Å². The first-order valence-electron chi connectivity index (χ1n) is 8.77. The molecule has 0 bridgehead atoms. The van der Waals surface area contributed by atoms with Gasteiger partial charge < -0.3 is 0 Å². The molecule has 0 aromatic rings. The van der Waals surface area contributed by atoms with Crippen LogP contribution in [0.2, 0.25) is 0 Å². The molecule has 0 heterocycles. The minimum absolute atomic E-state index is 0.330. The average Bonchev–Trinajstić information content (AvgIpc) is 2.66. The molecule has 3 unspecified atom stereocenters. The van der Waals surface area contributed by atoms with Gasteiger partial charge in [0.2, 0.25) is 0 Å². The second kappa shape index (κ2) is 5.81. The normalized spacial score (nSPS) is 36.0. The summed E-state index contributed by atoms with van der Waals surface area (Å²) in [4.78, 5) is 12.2. The van der Waals surface area contributed by atoms with E-state index in [0.29, 0.717) is 22.5 Å². The highest BCUT2D eigenvalue weighted by Crippen LogP contribution is 2.57. The molecule has 2 saturated carbocycles. The van der Waals surface area contributed by atoms with Crippen LogP contribution in [0.3, 0.4) is 0 Å². The molecule has 2 rings (SSSR count). The second-order valence-corrected chi connectivity index (χ2v) is 8.99. The van der Waals surface area contributed by atoms with Crippen LogP contribution in [0.25, 0.3) is 0 Å². The molecular weight excluding hydrogens is 244 g/mol. The summed E-state index contributed by atoms with van der Waals surface area (Å²) in [5.41, 5.74) is 0.791. The second-order valence-electron chi connectivity index (χ2n) is 8.99. The quantitative estimate of drug-likeness (QED) is 0.652. The van der Waals surface area contributed by atoms with Gasteiger partial charge in [0, 0.05) is 12.3 Å². The van der Waals surface area contributed by atoms with Gasteiger partial charge in [0.25, 0.3) is 0 Å². The molecule has 0 spiro atoms. The first-order chi connectivity index (χ1) is 9.24. The van der Waals surface area contributed by atoms with Crippen molar-refractivity contribution < 1.29 is 4.79 Å². The van der Waals surface area contributed by atoms with Gasteiger partial charge in [-0.2, -0.15) is 0 Å². The van der Waals surface area contributed by atoms with E-state index in [9.17, 15) is 4.79 Å². The van der Waals surface area contributed by atoms with Gasteiger partial charge >= 0.3 is 0 Å². The Balaban J connectivity index is 1.93. The van der Waals surface area contributed by atoms with Crippen molar-refractivity contribution in [1.29, 1.82) is 0 Å². The van der Waals surface area contributed by atoms with Crippen LogP contribution in [0.5, 0.6) is 0 Å². The lowest BCUT2D eigenvalue weighted by Gasteiger charge is -2.42. The fourth-order valence-corrected chi connectivity index (χ4v) is 5.06. The molecule has 1 heteroatoms. The van der Waals surface area contributed by atoms with E-state index in [1.165, 1.54) is 38.5 Å². The van der Waals surface area contributed by atoms with E-state index >= 15 is 0 Å². The molecule has 116 valence electrons. The molecule has 4 atom stereocenters. The topological polar surface area (TPSA) is 17.1 Å². The van der Waals surface area contributed by atoms with Crippen molar-refractivity contribution in [3.8, 4) is 0 Å². The molecule has 0 aromatic heterocycles. The molecule has 0 amide bonds. The van der Waals surface area contributed by atoms with E-state index in [-0.39, 0.29) is 0 Å². The fourth-order valence-electron chi connectivity index (χ4n) is 5.06. The highest BCUT2D eigenvalue weighted by atomic mass is 16.1. The monoisotopic (exact) mass is 278 g/mol. The Morgan fingerprint density at radius 1 is 1.30 bits per heavy atom. The predicted molar refractivity (Wildman–Crippen MR) is 85.6 cm³/mol. The van der Waals surface area contributed by atoms with Crippen LogP contribution in [0.4, 0.5) is 0 Å². The van der Waals surface area contributed by atoms with Gasteiger partial charge in [-0.25, -0.2) is 0 Å². The number of carbonyl (C=O) groups excluding carboxylic acids is 1. The van der Waals surface area contributed by atoms with Gasteiger partial charge in [0.15, 0.2) is 0 Å². The third-order valence-corrected chi connectivity index (χ3v) is 6.21. The Kier molecular flexibility index (Phi) is 4.66. The molecule has 0 saturated heterocycles. The van der Waals surface area contributed by atoms with Gasteiger partial charge in [0.1, 0.15) is 5.78 Å². The van der Waals surface area contributed by atoms with Crippen molar-refractivity contribution in [2.24, 2.45) is 28.6 Å². The van der Waals surface area contributed by atoms with Gasteiger partial charge in [-0.3, -0.25) is 4.79 Å². The number of Topliss-reactive ketones (excluding diaryl/α,β-unsaturated/α-hetero) is 1. The number of carbonyl (C=O) groups is 1. The fraction of sp³-hybridized carbons (Fsp3) is 0.947. The maximum absolute atomic E-state index is 12.2. The van der Waals surface area contributed by atoms with Crippen LogP contribution in [0.15, 0.2) is 0 Å². The van der Waals surface area contributed by atoms with E-state index in [1.54, 1.807) is 0 Å². The lowest BCUT2D eigenvalue weighted by atomic mass is 9.62. The molecule has 0 aliphatic heterocycles. The minimum Gasteiger partial charge on any atom is -0.299 e. The van der Waals surface area contributed by atoms with Crippen molar-refractivity contribution in [3.05, 3.63) is 0 Å². The van der Waals surface area contributed by atoms with Crippen molar-refractivity contribution in [2.75, 3.05) is 0 Å². The summed E-state index contributed by atoms with van der Waals surface area (Å²) in [5, 5.41) is 0. The third-order valence-electron chi connectivity index (χ3n) is 6.21. The largest absolute Gasteiger partial charge is 0.299 e. The van der Waals surface area contributed by atoms with Crippen LogP contribution in [-0.4, -0.2) is 5.78 Å². The molecule has 1 nitrogen and oxygen atoms in total. The van der Waals surface area contributed by atoms with Crippen LogP contribution in [0.1, 0.15) is 86.0 Å². The molecular formula is C19H34O. The molecule has 0 N–H and O–H groups in total. The predicted octanol–water partition coefficient (Wildman–Crippen LogP) is 5.62.